The zero-order chi connectivity index (χ0) is 15.7. The van der Waals surface area contributed by atoms with E-state index in [1.54, 1.807) is 42.6 Å². The third-order valence-corrected chi connectivity index (χ3v) is 4.70. The Hall–Kier alpha value is -2.60. The molecule has 6 heteroatoms. The lowest BCUT2D eigenvalue weighted by atomic mass is 10.2. The van der Waals surface area contributed by atoms with Crippen LogP contribution in [0.3, 0.4) is 0 Å². The summed E-state index contributed by atoms with van der Waals surface area (Å²) in [4.78, 5) is 4.32. The van der Waals surface area contributed by atoms with Crippen LogP contribution in [-0.2, 0) is 10.0 Å². The lowest BCUT2D eigenvalue weighted by Gasteiger charge is -2.11. The summed E-state index contributed by atoms with van der Waals surface area (Å²) >= 11 is 0. The van der Waals surface area contributed by atoms with E-state index in [1.165, 1.54) is 12.1 Å². The Morgan fingerprint density at radius 1 is 1.05 bits per heavy atom. The number of hydrogen-bond donors (Lipinski definition) is 2. The SMILES string of the molecule is Cc1ccc(S(=O)(=O)Nc2ccc(O)c3cccnc23)cc1. The van der Waals surface area contributed by atoms with Crippen molar-refractivity contribution in [3.8, 4) is 5.75 Å². The van der Waals surface area contributed by atoms with E-state index < -0.39 is 10.0 Å². The van der Waals surface area contributed by atoms with Crippen LogP contribution in [0.4, 0.5) is 5.69 Å². The molecule has 0 aliphatic rings. The van der Waals surface area contributed by atoms with Crippen molar-refractivity contribution in [3.63, 3.8) is 0 Å². The van der Waals surface area contributed by atoms with Gasteiger partial charge in [0.2, 0.25) is 0 Å². The molecule has 0 radical (unpaired) electrons. The molecule has 3 aromatic rings. The maximum atomic E-state index is 12.4. The molecule has 0 atom stereocenters. The first-order chi connectivity index (χ1) is 10.5. The normalized spacial score (nSPS) is 11.5. The van der Waals surface area contributed by atoms with E-state index in [-0.39, 0.29) is 10.6 Å². The molecule has 112 valence electrons. The fraction of sp³-hybridized carbons (Fsp3) is 0.0625. The number of phenols is 1. The van der Waals surface area contributed by atoms with Crippen LogP contribution < -0.4 is 4.72 Å². The molecule has 2 N–H and O–H groups in total. The second kappa shape index (κ2) is 5.31. The van der Waals surface area contributed by atoms with E-state index in [1.807, 2.05) is 6.92 Å². The number of pyridine rings is 1. The second-order valence-electron chi connectivity index (χ2n) is 4.95. The molecule has 0 spiro atoms. The number of nitrogens with one attached hydrogen (secondary N) is 1. The first kappa shape index (κ1) is 14.3. The second-order valence-corrected chi connectivity index (χ2v) is 6.63. The Kier molecular flexibility index (Phi) is 3.46. The Morgan fingerprint density at radius 3 is 2.50 bits per heavy atom. The zero-order valence-electron chi connectivity index (χ0n) is 11.8. The molecule has 5 nitrogen and oxygen atoms in total. The maximum absolute atomic E-state index is 12.4. The molecular weight excluding hydrogens is 300 g/mol. The third-order valence-electron chi connectivity index (χ3n) is 3.32. The quantitative estimate of drug-likeness (QED) is 0.728. The van der Waals surface area contributed by atoms with Gasteiger partial charge in [0, 0.05) is 11.6 Å². The highest BCUT2D eigenvalue weighted by atomic mass is 32.2. The number of anilines is 1. The predicted octanol–water partition coefficient (Wildman–Crippen LogP) is 3.05. The first-order valence-corrected chi connectivity index (χ1v) is 8.12. The molecule has 0 amide bonds. The Bertz CT molecular complexity index is 935. The summed E-state index contributed by atoms with van der Waals surface area (Å²) in [6.07, 6.45) is 1.55. The van der Waals surface area contributed by atoms with E-state index >= 15 is 0 Å². The lowest BCUT2D eigenvalue weighted by molar-refractivity contribution is 0.481. The predicted molar refractivity (Wildman–Crippen MR) is 85.4 cm³/mol. The molecule has 0 aliphatic carbocycles. The van der Waals surface area contributed by atoms with Gasteiger partial charge in [-0.25, -0.2) is 8.42 Å². The Morgan fingerprint density at radius 2 is 1.77 bits per heavy atom. The summed E-state index contributed by atoms with van der Waals surface area (Å²) in [6, 6.07) is 12.9. The van der Waals surface area contributed by atoms with E-state index in [0.29, 0.717) is 16.6 Å². The molecule has 0 aliphatic heterocycles. The molecule has 0 fully saturated rings. The van der Waals surface area contributed by atoms with Crippen molar-refractivity contribution in [2.75, 3.05) is 4.72 Å². The summed E-state index contributed by atoms with van der Waals surface area (Å²) in [7, 11) is -3.71. The molecule has 0 saturated carbocycles. The number of rotatable bonds is 3. The van der Waals surface area contributed by atoms with Crippen LogP contribution in [0.15, 0.2) is 59.6 Å². The van der Waals surface area contributed by atoms with Crippen LogP contribution in [0.2, 0.25) is 0 Å². The van der Waals surface area contributed by atoms with Gasteiger partial charge in [0.15, 0.2) is 0 Å². The zero-order valence-corrected chi connectivity index (χ0v) is 12.6. The van der Waals surface area contributed by atoms with Crippen molar-refractivity contribution in [1.82, 2.24) is 4.98 Å². The Balaban J connectivity index is 2.06. The maximum Gasteiger partial charge on any atom is 0.261 e. The van der Waals surface area contributed by atoms with Crippen LogP contribution in [0, 0.1) is 6.92 Å². The van der Waals surface area contributed by atoms with Gasteiger partial charge in [-0.3, -0.25) is 9.71 Å². The van der Waals surface area contributed by atoms with Gasteiger partial charge in [-0.15, -0.1) is 0 Å². The fourth-order valence-electron chi connectivity index (χ4n) is 2.16. The number of aryl methyl sites for hydroxylation is 1. The number of nitrogens with zero attached hydrogens (tertiary/aromatic N) is 1. The highest BCUT2D eigenvalue weighted by Crippen LogP contribution is 2.30. The topological polar surface area (TPSA) is 79.3 Å². The van der Waals surface area contributed by atoms with Crippen molar-refractivity contribution in [1.29, 1.82) is 0 Å². The van der Waals surface area contributed by atoms with Crippen LogP contribution in [0.5, 0.6) is 5.75 Å². The molecule has 0 unspecified atom stereocenters. The number of aromatic hydroxyl groups is 1. The van der Waals surface area contributed by atoms with Crippen LogP contribution >= 0.6 is 0 Å². The van der Waals surface area contributed by atoms with Crippen LogP contribution in [0.1, 0.15) is 5.56 Å². The van der Waals surface area contributed by atoms with E-state index in [2.05, 4.69) is 9.71 Å². The smallest absolute Gasteiger partial charge is 0.261 e. The van der Waals surface area contributed by atoms with E-state index in [9.17, 15) is 13.5 Å². The molecule has 1 aromatic heterocycles. The van der Waals surface area contributed by atoms with Gasteiger partial charge < -0.3 is 5.11 Å². The first-order valence-electron chi connectivity index (χ1n) is 6.63. The fourth-order valence-corrected chi connectivity index (χ4v) is 3.23. The average molecular weight is 314 g/mol. The molecule has 1 heterocycles. The summed E-state index contributed by atoms with van der Waals surface area (Å²) in [5, 5.41) is 10.3. The molecule has 3 rings (SSSR count). The molecule has 2 aromatic carbocycles. The van der Waals surface area contributed by atoms with Crippen molar-refractivity contribution in [2.24, 2.45) is 0 Å². The minimum absolute atomic E-state index is 0.0568. The minimum Gasteiger partial charge on any atom is -0.507 e. The average Bonchev–Trinajstić information content (AvgIpc) is 2.51. The van der Waals surface area contributed by atoms with Gasteiger partial charge in [0.1, 0.15) is 5.75 Å². The minimum atomic E-state index is -3.71. The highest BCUT2D eigenvalue weighted by Gasteiger charge is 2.16. The van der Waals surface area contributed by atoms with E-state index in [4.69, 9.17) is 0 Å². The van der Waals surface area contributed by atoms with Gasteiger partial charge in [0.05, 0.1) is 16.1 Å². The number of sulfonamides is 1. The molecular formula is C16H14N2O3S. The standard InChI is InChI=1S/C16H14N2O3S/c1-11-4-6-12(7-5-11)22(20,21)18-14-8-9-15(19)13-3-2-10-17-16(13)14/h2-10,18-19H,1H3. The van der Waals surface area contributed by atoms with Gasteiger partial charge in [-0.2, -0.15) is 0 Å². The number of aromatic nitrogens is 1. The lowest BCUT2D eigenvalue weighted by Crippen LogP contribution is -2.13. The molecule has 0 saturated heterocycles. The highest BCUT2D eigenvalue weighted by molar-refractivity contribution is 7.92. The summed E-state index contributed by atoms with van der Waals surface area (Å²) in [6.45, 7) is 1.89. The summed E-state index contributed by atoms with van der Waals surface area (Å²) in [5.41, 5.74) is 1.71. The number of benzene rings is 2. The summed E-state index contributed by atoms with van der Waals surface area (Å²) in [5.74, 6) is 0.0568. The largest absolute Gasteiger partial charge is 0.507 e. The van der Waals surface area contributed by atoms with Crippen molar-refractivity contribution in [3.05, 3.63) is 60.3 Å². The third kappa shape index (κ3) is 2.60. The number of phenolic OH excluding ortho intramolecular Hbond substituents is 1. The Labute approximate surface area is 128 Å². The molecule has 22 heavy (non-hydrogen) atoms. The summed E-state index contributed by atoms with van der Waals surface area (Å²) < 4.78 is 27.4. The van der Waals surface area contributed by atoms with Gasteiger partial charge in [-0.05, 0) is 43.3 Å². The van der Waals surface area contributed by atoms with Crippen LogP contribution in [-0.4, -0.2) is 18.5 Å². The molecule has 0 bridgehead atoms. The van der Waals surface area contributed by atoms with Gasteiger partial charge >= 0.3 is 0 Å². The van der Waals surface area contributed by atoms with Crippen LogP contribution in [0.25, 0.3) is 10.9 Å². The van der Waals surface area contributed by atoms with Crippen molar-refractivity contribution in [2.45, 2.75) is 11.8 Å². The number of hydrogen-bond acceptors (Lipinski definition) is 4. The van der Waals surface area contributed by atoms with Crippen molar-refractivity contribution < 1.29 is 13.5 Å². The van der Waals surface area contributed by atoms with E-state index in [0.717, 1.165) is 5.56 Å². The number of fused-ring (bicyclic) bond motifs is 1. The van der Waals surface area contributed by atoms with Crippen molar-refractivity contribution >= 4 is 26.6 Å². The monoisotopic (exact) mass is 314 g/mol. The van der Waals surface area contributed by atoms with Gasteiger partial charge in [-0.1, -0.05) is 17.7 Å². The van der Waals surface area contributed by atoms with Gasteiger partial charge in [0.25, 0.3) is 10.0 Å².